The van der Waals surface area contributed by atoms with Crippen LogP contribution in [0.2, 0.25) is 0 Å². The van der Waals surface area contributed by atoms with Gasteiger partial charge in [-0.1, -0.05) is 30.3 Å². The highest BCUT2D eigenvalue weighted by Crippen LogP contribution is 2.25. The Morgan fingerprint density at radius 3 is 2.83 bits per heavy atom. The molecule has 29 heavy (non-hydrogen) atoms. The zero-order valence-electron chi connectivity index (χ0n) is 16.1. The largest absolute Gasteiger partial charge is 0.464 e. The van der Waals surface area contributed by atoms with Gasteiger partial charge in [0.2, 0.25) is 5.91 Å². The van der Waals surface area contributed by atoms with E-state index >= 15 is 0 Å². The van der Waals surface area contributed by atoms with Crippen molar-refractivity contribution in [3.05, 3.63) is 59.2 Å². The topological polar surface area (TPSA) is 93.3 Å². The molecule has 0 saturated carbocycles. The van der Waals surface area contributed by atoms with Crippen LogP contribution in [0.15, 0.2) is 48.0 Å². The average Bonchev–Trinajstić information content (AvgIpc) is 3.40. The molecule has 0 aliphatic heterocycles. The second-order valence-corrected chi connectivity index (χ2v) is 7.19. The standard InChI is InChI=1S/C21H23N3O4S/c1-27-20(26)17-12-16(13-22-17)18-14-29-21(23-18)24-19(25)8-5-10-28-11-9-15-6-3-2-4-7-15/h2-4,6-7,12-14,22H,5,8-11H2,1H3,(H,23,24,25). The van der Waals surface area contributed by atoms with Crippen LogP contribution < -0.4 is 5.32 Å². The first-order valence-corrected chi connectivity index (χ1v) is 10.2. The molecule has 8 heteroatoms. The van der Waals surface area contributed by atoms with Crippen LogP contribution in [-0.4, -0.2) is 42.2 Å². The summed E-state index contributed by atoms with van der Waals surface area (Å²) in [5, 5.41) is 5.15. The Morgan fingerprint density at radius 1 is 1.21 bits per heavy atom. The van der Waals surface area contributed by atoms with E-state index in [4.69, 9.17) is 4.74 Å². The molecule has 1 aromatic carbocycles. The molecule has 3 rings (SSSR count). The molecule has 0 atom stereocenters. The van der Waals surface area contributed by atoms with E-state index in [-0.39, 0.29) is 5.91 Å². The van der Waals surface area contributed by atoms with E-state index in [1.807, 2.05) is 23.6 Å². The van der Waals surface area contributed by atoms with Gasteiger partial charge in [0.25, 0.3) is 0 Å². The lowest BCUT2D eigenvalue weighted by atomic mass is 10.2. The fraction of sp³-hybridized carbons (Fsp3) is 0.286. The molecule has 0 unspecified atom stereocenters. The van der Waals surface area contributed by atoms with Crippen molar-refractivity contribution in [1.82, 2.24) is 9.97 Å². The third kappa shape index (κ3) is 6.27. The minimum atomic E-state index is -0.439. The van der Waals surface area contributed by atoms with Gasteiger partial charge >= 0.3 is 5.97 Å². The zero-order valence-corrected chi connectivity index (χ0v) is 17.0. The summed E-state index contributed by atoms with van der Waals surface area (Å²) in [4.78, 5) is 30.8. The van der Waals surface area contributed by atoms with Gasteiger partial charge in [0, 0.05) is 30.2 Å². The number of nitrogens with zero attached hydrogens (tertiary/aromatic N) is 1. The maximum atomic E-state index is 12.1. The fourth-order valence-corrected chi connectivity index (χ4v) is 3.42. The minimum absolute atomic E-state index is 0.0955. The number of thiazole rings is 1. The first kappa shape index (κ1) is 20.8. The van der Waals surface area contributed by atoms with Crippen molar-refractivity contribution in [2.24, 2.45) is 0 Å². The van der Waals surface area contributed by atoms with Gasteiger partial charge in [-0.3, -0.25) is 4.79 Å². The van der Waals surface area contributed by atoms with Gasteiger partial charge in [0.15, 0.2) is 5.13 Å². The lowest BCUT2D eigenvalue weighted by Crippen LogP contribution is -2.12. The van der Waals surface area contributed by atoms with Gasteiger partial charge in [-0.15, -0.1) is 11.3 Å². The van der Waals surface area contributed by atoms with Gasteiger partial charge < -0.3 is 19.8 Å². The SMILES string of the molecule is COC(=O)c1cc(-c2csc(NC(=O)CCCOCCc3ccccc3)n2)c[nH]1. The Bertz CT molecular complexity index is 936. The molecule has 2 aromatic heterocycles. The van der Waals surface area contributed by atoms with Crippen molar-refractivity contribution < 1.29 is 19.1 Å². The number of H-pyrrole nitrogens is 1. The highest BCUT2D eigenvalue weighted by Gasteiger charge is 2.12. The maximum Gasteiger partial charge on any atom is 0.354 e. The number of amides is 1. The van der Waals surface area contributed by atoms with E-state index in [0.29, 0.717) is 42.6 Å². The molecular weight excluding hydrogens is 390 g/mol. The highest BCUT2D eigenvalue weighted by atomic mass is 32.1. The molecule has 0 saturated heterocycles. The quantitative estimate of drug-likeness (QED) is 0.388. The number of carbonyl (C=O) groups is 2. The minimum Gasteiger partial charge on any atom is -0.464 e. The first-order valence-electron chi connectivity index (χ1n) is 9.30. The summed E-state index contributed by atoms with van der Waals surface area (Å²) in [5.41, 5.74) is 3.04. The number of hydrogen-bond acceptors (Lipinski definition) is 6. The summed E-state index contributed by atoms with van der Waals surface area (Å²) >= 11 is 1.34. The van der Waals surface area contributed by atoms with Crippen LogP contribution in [0.5, 0.6) is 0 Å². The molecule has 152 valence electrons. The lowest BCUT2D eigenvalue weighted by molar-refractivity contribution is -0.116. The molecule has 0 bridgehead atoms. The van der Waals surface area contributed by atoms with Gasteiger partial charge in [-0.2, -0.15) is 0 Å². The number of carbonyl (C=O) groups excluding carboxylic acids is 2. The molecule has 7 nitrogen and oxygen atoms in total. The van der Waals surface area contributed by atoms with Gasteiger partial charge in [0.1, 0.15) is 5.69 Å². The van der Waals surface area contributed by atoms with Gasteiger partial charge in [-0.25, -0.2) is 9.78 Å². The maximum absolute atomic E-state index is 12.1. The number of methoxy groups -OCH3 is 1. The summed E-state index contributed by atoms with van der Waals surface area (Å²) in [5.74, 6) is -0.534. The second-order valence-electron chi connectivity index (χ2n) is 6.33. The summed E-state index contributed by atoms with van der Waals surface area (Å²) < 4.78 is 10.3. The lowest BCUT2D eigenvalue weighted by Gasteiger charge is -2.04. The highest BCUT2D eigenvalue weighted by molar-refractivity contribution is 7.14. The van der Waals surface area contributed by atoms with Crippen molar-refractivity contribution in [2.45, 2.75) is 19.3 Å². The van der Waals surface area contributed by atoms with E-state index in [2.05, 4.69) is 32.2 Å². The number of hydrogen-bond donors (Lipinski definition) is 2. The second kappa shape index (κ2) is 10.5. The Labute approximate surface area is 173 Å². The Kier molecular flexibility index (Phi) is 7.54. The molecule has 3 aromatic rings. The predicted molar refractivity (Wildman–Crippen MR) is 112 cm³/mol. The van der Waals surface area contributed by atoms with Crippen LogP contribution >= 0.6 is 11.3 Å². The van der Waals surface area contributed by atoms with Crippen LogP contribution in [0, 0.1) is 0 Å². The monoisotopic (exact) mass is 413 g/mol. The molecule has 0 aliphatic rings. The summed E-state index contributed by atoms with van der Waals surface area (Å²) in [6.45, 7) is 1.19. The normalized spacial score (nSPS) is 10.7. The number of benzene rings is 1. The molecule has 0 spiro atoms. The number of ether oxygens (including phenoxy) is 2. The molecule has 0 fully saturated rings. The predicted octanol–water partition coefficient (Wildman–Crippen LogP) is 3.90. The summed E-state index contributed by atoms with van der Waals surface area (Å²) in [6, 6.07) is 11.8. The smallest absolute Gasteiger partial charge is 0.354 e. The van der Waals surface area contributed by atoms with Crippen LogP contribution in [-0.2, 0) is 20.7 Å². The Morgan fingerprint density at radius 2 is 2.03 bits per heavy atom. The van der Waals surface area contributed by atoms with Crippen molar-refractivity contribution >= 4 is 28.3 Å². The molecule has 0 aliphatic carbocycles. The fourth-order valence-electron chi connectivity index (χ4n) is 2.69. The van der Waals surface area contributed by atoms with Gasteiger partial charge in [-0.05, 0) is 24.5 Å². The number of aromatic amines is 1. The first-order chi connectivity index (χ1) is 14.2. The average molecular weight is 413 g/mol. The third-order valence-corrected chi connectivity index (χ3v) is 4.96. The van der Waals surface area contributed by atoms with Crippen molar-refractivity contribution in [2.75, 3.05) is 25.6 Å². The van der Waals surface area contributed by atoms with E-state index in [1.165, 1.54) is 24.0 Å². The molecule has 0 radical (unpaired) electrons. The third-order valence-electron chi connectivity index (χ3n) is 4.21. The van der Waals surface area contributed by atoms with E-state index in [9.17, 15) is 9.59 Å². The van der Waals surface area contributed by atoms with Crippen LogP contribution in [0.4, 0.5) is 5.13 Å². The van der Waals surface area contributed by atoms with E-state index < -0.39 is 5.97 Å². The summed E-state index contributed by atoms with van der Waals surface area (Å²) in [7, 11) is 1.33. The molecule has 2 N–H and O–H groups in total. The van der Waals surface area contributed by atoms with E-state index in [1.54, 1.807) is 12.3 Å². The number of rotatable bonds is 10. The van der Waals surface area contributed by atoms with Crippen molar-refractivity contribution in [3.8, 4) is 11.3 Å². The van der Waals surface area contributed by atoms with E-state index in [0.717, 1.165) is 12.0 Å². The molecule has 1 amide bonds. The van der Waals surface area contributed by atoms with Crippen molar-refractivity contribution in [3.63, 3.8) is 0 Å². The number of esters is 1. The van der Waals surface area contributed by atoms with Crippen LogP contribution in [0.3, 0.4) is 0 Å². The molecule has 2 heterocycles. The zero-order chi connectivity index (χ0) is 20.5. The van der Waals surface area contributed by atoms with Gasteiger partial charge in [0.05, 0.1) is 19.4 Å². The number of nitrogens with one attached hydrogen (secondary N) is 2. The van der Waals surface area contributed by atoms with Crippen LogP contribution in [0.25, 0.3) is 11.3 Å². The number of anilines is 1. The summed E-state index contributed by atoms with van der Waals surface area (Å²) in [6.07, 6.45) is 3.57. The Hall–Kier alpha value is -2.97. The Balaban J connectivity index is 1.36. The van der Waals surface area contributed by atoms with Crippen molar-refractivity contribution in [1.29, 1.82) is 0 Å². The molecular formula is C21H23N3O4S. The van der Waals surface area contributed by atoms with Crippen LogP contribution in [0.1, 0.15) is 28.9 Å². The number of aromatic nitrogens is 2.